The molecule has 0 aliphatic rings. The summed E-state index contributed by atoms with van der Waals surface area (Å²) in [5.41, 5.74) is 0. The largest absolute Gasteiger partial charge is 0.394 e. The number of amides is 1. The Kier molecular flexibility index (Phi) is 4.87. The highest BCUT2D eigenvalue weighted by Gasteiger charge is 2.16. The van der Waals surface area contributed by atoms with Crippen molar-refractivity contribution in [2.24, 2.45) is 0 Å². The van der Waals surface area contributed by atoms with E-state index in [0.717, 1.165) is 12.8 Å². The molecule has 90 valence electrons. The second-order valence-corrected chi connectivity index (χ2v) is 3.39. The Morgan fingerprint density at radius 1 is 1.50 bits per heavy atom. The summed E-state index contributed by atoms with van der Waals surface area (Å²) in [6, 6.07) is -0.680. The van der Waals surface area contributed by atoms with E-state index in [2.05, 4.69) is 20.5 Å². The normalized spacial score (nSPS) is 10.8. The lowest BCUT2D eigenvalue weighted by Gasteiger charge is -2.10. The minimum absolute atomic E-state index is 0.0235. The van der Waals surface area contributed by atoms with Gasteiger partial charge in [-0.1, -0.05) is 6.92 Å². The van der Waals surface area contributed by atoms with Crippen molar-refractivity contribution >= 4 is 5.91 Å². The highest BCUT2D eigenvalue weighted by atomic mass is 16.3. The van der Waals surface area contributed by atoms with E-state index in [1.165, 1.54) is 0 Å². The van der Waals surface area contributed by atoms with Crippen LogP contribution in [0.25, 0.3) is 0 Å². The van der Waals surface area contributed by atoms with Crippen LogP contribution in [0.15, 0.2) is 0 Å². The van der Waals surface area contributed by atoms with Crippen molar-refractivity contribution in [1.82, 2.24) is 20.5 Å². The molecule has 1 heterocycles. The lowest BCUT2D eigenvalue weighted by molar-refractivity contribution is 0.0869. The summed E-state index contributed by atoms with van der Waals surface area (Å²) in [5.74, 6) is 0.166. The van der Waals surface area contributed by atoms with E-state index in [4.69, 9.17) is 10.2 Å². The third kappa shape index (κ3) is 3.28. The van der Waals surface area contributed by atoms with Crippen LogP contribution in [0.1, 0.15) is 29.8 Å². The Morgan fingerprint density at radius 3 is 2.75 bits per heavy atom. The highest BCUT2D eigenvalue weighted by Crippen LogP contribution is 1.97. The van der Waals surface area contributed by atoms with Crippen LogP contribution in [0, 0.1) is 0 Å². The summed E-state index contributed by atoms with van der Waals surface area (Å²) >= 11 is 0. The van der Waals surface area contributed by atoms with E-state index in [1.807, 2.05) is 6.92 Å². The molecular formula is C9H16N4O3. The Hall–Kier alpha value is -1.47. The molecule has 7 nitrogen and oxygen atoms in total. The maximum absolute atomic E-state index is 11.5. The molecule has 0 aliphatic heterocycles. The second kappa shape index (κ2) is 6.19. The van der Waals surface area contributed by atoms with Crippen LogP contribution in [0.2, 0.25) is 0 Å². The van der Waals surface area contributed by atoms with Gasteiger partial charge in [0.05, 0.1) is 19.3 Å². The molecule has 0 fully saturated rings. The van der Waals surface area contributed by atoms with Crippen LogP contribution in [-0.2, 0) is 6.42 Å². The maximum Gasteiger partial charge on any atom is 0.291 e. The first-order valence-electron chi connectivity index (χ1n) is 5.15. The zero-order valence-electron chi connectivity index (χ0n) is 9.10. The number of nitrogens with one attached hydrogen (secondary N) is 2. The van der Waals surface area contributed by atoms with Crippen LogP contribution < -0.4 is 5.32 Å². The average Bonchev–Trinajstić information content (AvgIpc) is 2.74. The summed E-state index contributed by atoms with van der Waals surface area (Å²) in [7, 11) is 0. The van der Waals surface area contributed by atoms with Crippen molar-refractivity contribution in [2.75, 3.05) is 13.2 Å². The molecule has 0 radical (unpaired) electrons. The molecule has 0 aromatic carbocycles. The molecule has 16 heavy (non-hydrogen) atoms. The van der Waals surface area contributed by atoms with Crippen LogP contribution in [-0.4, -0.2) is 50.6 Å². The molecule has 0 unspecified atom stereocenters. The molecule has 1 amide bonds. The number of carbonyl (C=O) groups excluding carboxylic acids is 1. The number of nitrogens with zero attached hydrogens (tertiary/aromatic N) is 2. The zero-order chi connectivity index (χ0) is 12.0. The van der Waals surface area contributed by atoms with Crippen molar-refractivity contribution in [1.29, 1.82) is 0 Å². The average molecular weight is 228 g/mol. The number of rotatable bonds is 6. The van der Waals surface area contributed by atoms with Gasteiger partial charge < -0.3 is 15.5 Å². The van der Waals surface area contributed by atoms with Crippen LogP contribution in [0.4, 0.5) is 0 Å². The highest BCUT2D eigenvalue weighted by molar-refractivity contribution is 5.90. The molecule has 0 aliphatic carbocycles. The van der Waals surface area contributed by atoms with Crippen molar-refractivity contribution < 1.29 is 15.0 Å². The molecule has 4 N–H and O–H groups in total. The second-order valence-electron chi connectivity index (χ2n) is 3.39. The third-order valence-corrected chi connectivity index (χ3v) is 2.00. The first-order chi connectivity index (χ1) is 7.71. The number of carbonyl (C=O) groups is 1. The van der Waals surface area contributed by atoms with E-state index in [9.17, 15) is 4.79 Å². The fraction of sp³-hybridized carbons (Fsp3) is 0.667. The number of H-pyrrole nitrogens is 1. The molecule has 1 aromatic heterocycles. The minimum atomic E-state index is -0.680. The van der Waals surface area contributed by atoms with E-state index in [0.29, 0.717) is 5.82 Å². The molecule has 0 atom stereocenters. The summed E-state index contributed by atoms with van der Waals surface area (Å²) in [4.78, 5) is 15.5. The predicted molar refractivity (Wildman–Crippen MR) is 55.8 cm³/mol. The van der Waals surface area contributed by atoms with Gasteiger partial charge in [-0.05, 0) is 6.42 Å². The molecule has 7 heteroatoms. The number of aromatic amines is 1. The number of aryl methyl sites for hydroxylation is 1. The first-order valence-corrected chi connectivity index (χ1v) is 5.15. The maximum atomic E-state index is 11.5. The van der Waals surface area contributed by atoms with Gasteiger partial charge in [0.1, 0.15) is 5.82 Å². The quantitative estimate of drug-likeness (QED) is 0.491. The number of aromatic nitrogens is 3. The summed E-state index contributed by atoms with van der Waals surface area (Å²) < 4.78 is 0. The minimum Gasteiger partial charge on any atom is -0.394 e. The predicted octanol–water partition coefficient (Wildman–Crippen LogP) is -1.16. The Balaban J connectivity index is 2.58. The van der Waals surface area contributed by atoms with Gasteiger partial charge in [0, 0.05) is 6.42 Å². The number of aliphatic hydroxyl groups excluding tert-OH is 2. The summed E-state index contributed by atoms with van der Waals surface area (Å²) in [6.07, 6.45) is 1.63. The first kappa shape index (κ1) is 12.6. The standard InChI is InChI=1S/C9H16N4O3/c1-2-3-7-11-8(13-12-7)9(16)10-6(4-14)5-15/h6,14-15H,2-5H2,1H3,(H,10,16)(H,11,12,13). The smallest absolute Gasteiger partial charge is 0.291 e. The molecule has 0 saturated heterocycles. The van der Waals surface area contributed by atoms with E-state index in [1.54, 1.807) is 0 Å². The topological polar surface area (TPSA) is 111 Å². The summed E-state index contributed by atoms with van der Waals surface area (Å²) in [6.45, 7) is 1.35. The van der Waals surface area contributed by atoms with Crippen LogP contribution in [0.5, 0.6) is 0 Å². The monoisotopic (exact) mass is 228 g/mol. The molecule has 0 saturated carbocycles. The fourth-order valence-electron chi connectivity index (χ4n) is 1.14. The van der Waals surface area contributed by atoms with Gasteiger partial charge in [0.15, 0.2) is 0 Å². The van der Waals surface area contributed by atoms with Gasteiger partial charge >= 0.3 is 0 Å². The summed E-state index contributed by atoms with van der Waals surface area (Å²) in [5, 5.41) is 26.4. The van der Waals surface area contributed by atoms with E-state index < -0.39 is 11.9 Å². The van der Waals surface area contributed by atoms with Gasteiger partial charge in [0.2, 0.25) is 5.82 Å². The third-order valence-electron chi connectivity index (χ3n) is 2.00. The molecule has 1 rings (SSSR count). The van der Waals surface area contributed by atoms with Gasteiger partial charge in [-0.3, -0.25) is 9.89 Å². The van der Waals surface area contributed by atoms with Crippen molar-refractivity contribution in [3.63, 3.8) is 0 Å². The lowest BCUT2D eigenvalue weighted by atomic mass is 10.3. The zero-order valence-corrected chi connectivity index (χ0v) is 9.10. The fourth-order valence-corrected chi connectivity index (χ4v) is 1.14. The molecule has 1 aromatic rings. The van der Waals surface area contributed by atoms with E-state index in [-0.39, 0.29) is 19.0 Å². The van der Waals surface area contributed by atoms with Gasteiger partial charge in [-0.15, -0.1) is 5.10 Å². The van der Waals surface area contributed by atoms with Gasteiger partial charge in [-0.25, -0.2) is 4.98 Å². The van der Waals surface area contributed by atoms with Gasteiger partial charge in [0.25, 0.3) is 5.91 Å². The van der Waals surface area contributed by atoms with Gasteiger partial charge in [-0.2, -0.15) is 0 Å². The molecule has 0 spiro atoms. The van der Waals surface area contributed by atoms with Crippen LogP contribution >= 0.6 is 0 Å². The number of aliphatic hydroxyl groups is 2. The number of hydrogen-bond acceptors (Lipinski definition) is 5. The Labute approximate surface area is 92.9 Å². The SMILES string of the molecule is CCCc1nc(C(=O)NC(CO)CO)n[nH]1. The number of hydrogen-bond donors (Lipinski definition) is 4. The van der Waals surface area contributed by atoms with Crippen molar-refractivity contribution in [2.45, 2.75) is 25.8 Å². The van der Waals surface area contributed by atoms with Crippen molar-refractivity contribution in [3.8, 4) is 0 Å². The Bertz CT molecular complexity index is 335. The van der Waals surface area contributed by atoms with Crippen molar-refractivity contribution in [3.05, 3.63) is 11.6 Å². The molecule has 0 bridgehead atoms. The lowest BCUT2D eigenvalue weighted by Crippen LogP contribution is -2.40. The Morgan fingerprint density at radius 2 is 2.19 bits per heavy atom. The van der Waals surface area contributed by atoms with Crippen LogP contribution in [0.3, 0.4) is 0 Å². The van der Waals surface area contributed by atoms with E-state index >= 15 is 0 Å². The molecular weight excluding hydrogens is 212 g/mol.